The van der Waals surface area contributed by atoms with Crippen molar-refractivity contribution in [1.29, 1.82) is 0 Å². The minimum absolute atomic E-state index is 0.241. The van der Waals surface area contributed by atoms with Crippen molar-refractivity contribution in [3.8, 4) is 0 Å². The molecule has 102 valence electrons. The molecule has 0 bridgehead atoms. The van der Waals surface area contributed by atoms with Crippen molar-refractivity contribution in [2.24, 2.45) is 0 Å². The largest absolute Gasteiger partial charge is 0.313 e. The Bertz CT molecular complexity index is 530. The SMILES string of the molecule is CCn1ncnc1CC(NC)c1cc(C)cc(Br)c1. The normalized spacial score (nSPS) is 12.6. The first-order valence-electron chi connectivity index (χ1n) is 6.45. The van der Waals surface area contributed by atoms with Gasteiger partial charge in [-0.1, -0.05) is 22.0 Å². The van der Waals surface area contributed by atoms with Gasteiger partial charge < -0.3 is 5.32 Å². The van der Waals surface area contributed by atoms with Crippen LogP contribution in [-0.4, -0.2) is 21.8 Å². The van der Waals surface area contributed by atoms with Crippen molar-refractivity contribution in [2.45, 2.75) is 32.9 Å². The minimum atomic E-state index is 0.241. The van der Waals surface area contributed by atoms with E-state index in [2.05, 4.69) is 63.4 Å². The molecule has 19 heavy (non-hydrogen) atoms. The maximum absolute atomic E-state index is 4.35. The standard InChI is InChI=1S/C14H19BrN4/c1-4-19-14(17-9-18-19)8-13(16-3)11-5-10(2)6-12(15)7-11/h5-7,9,13,16H,4,8H2,1-3H3. The topological polar surface area (TPSA) is 42.7 Å². The maximum atomic E-state index is 4.35. The van der Waals surface area contributed by atoms with Crippen LogP contribution in [0, 0.1) is 6.92 Å². The van der Waals surface area contributed by atoms with Crippen LogP contribution in [0.15, 0.2) is 29.0 Å². The van der Waals surface area contributed by atoms with Gasteiger partial charge in [-0.15, -0.1) is 0 Å². The second-order valence-electron chi connectivity index (χ2n) is 4.60. The zero-order valence-corrected chi connectivity index (χ0v) is 13.1. The van der Waals surface area contributed by atoms with E-state index in [0.29, 0.717) is 0 Å². The summed E-state index contributed by atoms with van der Waals surface area (Å²) in [4.78, 5) is 4.35. The first-order valence-corrected chi connectivity index (χ1v) is 7.24. The predicted molar refractivity (Wildman–Crippen MR) is 80.1 cm³/mol. The Hall–Kier alpha value is -1.20. The number of rotatable bonds is 5. The number of hydrogen-bond acceptors (Lipinski definition) is 3. The fourth-order valence-electron chi connectivity index (χ4n) is 2.25. The molecule has 4 nitrogen and oxygen atoms in total. The molecule has 0 amide bonds. The molecule has 2 rings (SSSR count). The third-order valence-electron chi connectivity index (χ3n) is 3.20. The quantitative estimate of drug-likeness (QED) is 0.920. The highest BCUT2D eigenvalue weighted by Gasteiger charge is 2.14. The lowest BCUT2D eigenvalue weighted by atomic mass is 10.0. The number of likely N-dealkylation sites (N-methyl/N-ethyl adjacent to an activating group) is 1. The molecule has 0 fully saturated rings. The predicted octanol–water partition coefficient (Wildman–Crippen LogP) is 2.87. The van der Waals surface area contributed by atoms with E-state index in [0.717, 1.165) is 23.3 Å². The fourth-order valence-corrected chi connectivity index (χ4v) is 2.87. The molecule has 0 spiro atoms. The van der Waals surface area contributed by atoms with Gasteiger partial charge in [-0.25, -0.2) is 4.98 Å². The molecule has 1 N–H and O–H groups in total. The summed E-state index contributed by atoms with van der Waals surface area (Å²) < 4.78 is 3.05. The van der Waals surface area contributed by atoms with Crippen LogP contribution in [0.5, 0.6) is 0 Å². The van der Waals surface area contributed by atoms with Gasteiger partial charge in [-0.2, -0.15) is 5.10 Å². The summed E-state index contributed by atoms with van der Waals surface area (Å²) in [5.41, 5.74) is 2.52. The molecular formula is C14H19BrN4. The lowest BCUT2D eigenvalue weighted by molar-refractivity contribution is 0.533. The monoisotopic (exact) mass is 322 g/mol. The van der Waals surface area contributed by atoms with E-state index in [4.69, 9.17) is 0 Å². The smallest absolute Gasteiger partial charge is 0.138 e. The van der Waals surface area contributed by atoms with Gasteiger partial charge in [0, 0.05) is 23.5 Å². The number of halogens is 1. The summed E-state index contributed by atoms with van der Waals surface area (Å²) in [6.45, 7) is 5.04. The summed E-state index contributed by atoms with van der Waals surface area (Å²) in [5.74, 6) is 1.01. The molecule has 1 aromatic heterocycles. The molecule has 5 heteroatoms. The first kappa shape index (κ1) is 14.2. The van der Waals surface area contributed by atoms with Gasteiger partial charge in [0.1, 0.15) is 12.2 Å². The molecular weight excluding hydrogens is 304 g/mol. The minimum Gasteiger partial charge on any atom is -0.313 e. The molecule has 1 aromatic carbocycles. The van der Waals surface area contributed by atoms with Crippen LogP contribution >= 0.6 is 15.9 Å². The Labute approximate surface area is 122 Å². The van der Waals surface area contributed by atoms with Crippen LogP contribution in [0.25, 0.3) is 0 Å². The van der Waals surface area contributed by atoms with Crippen LogP contribution in [0.2, 0.25) is 0 Å². The highest BCUT2D eigenvalue weighted by atomic mass is 79.9. The van der Waals surface area contributed by atoms with E-state index < -0.39 is 0 Å². The van der Waals surface area contributed by atoms with Gasteiger partial charge in [0.25, 0.3) is 0 Å². The maximum Gasteiger partial charge on any atom is 0.138 e. The van der Waals surface area contributed by atoms with Gasteiger partial charge in [-0.05, 0) is 44.2 Å². The Morgan fingerprint density at radius 1 is 1.37 bits per heavy atom. The average Bonchev–Trinajstić information content (AvgIpc) is 2.81. The van der Waals surface area contributed by atoms with Gasteiger partial charge in [0.05, 0.1) is 0 Å². The number of aromatic nitrogens is 3. The zero-order chi connectivity index (χ0) is 13.8. The summed E-state index contributed by atoms with van der Waals surface area (Å²) in [5, 5.41) is 7.58. The second-order valence-corrected chi connectivity index (χ2v) is 5.52. The fraction of sp³-hybridized carbons (Fsp3) is 0.429. The Kier molecular flexibility index (Phi) is 4.71. The van der Waals surface area contributed by atoms with Gasteiger partial charge in [0.15, 0.2) is 0 Å². The van der Waals surface area contributed by atoms with Gasteiger partial charge in [-0.3, -0.25) is 4.68 Å². The van der Waals surface area contributed by atoms with E-state index in [1.165, 1.54) is 11.1 Å². The number of aryl methyl sites for hydroxylation is 2. The number of nitrogens with zero attached hydrogens (tertiary/aromatic N) is 3. The molecule has 0 aliphatic carbocycles. The third kappa shape index (κ3) is 3.42. The van der Waals surface area contributed by atoms with E-state index in [9.17, 15) is 0 Å². The van der Waals surface area contributed by atoms with E-state index in [1.807, 2.05) is 11.7 Å². The van der Waals surface area contributed by atoms with Gasteiger partial charge >= 0.3 is 0 Å². The highest BCUT2D eigenvalue weighted by Crippen LogP contribution is 2.23. The lowest BCUT2D eigenvalue weighted by Gasteiger charge is -2.17. The molecule has 0 radical (unpaired) electrons. The van der Waals surface area contributed by atoms with Crippen LogP contribution in [0.3, 0.4) is 0 Å². The molecule has 1 atom stereocenters. The van der Waals surface area contributed by atoms with E-state index in [1.54, 1.807) is 6.33 Å². The van der Waals surface area contributed by atoms with Crippen LogP contribution in [-0.2, 0) is 13.0 Å². The molecule has 0 aliphatic rings. The molecule has 0 aliphatic heterocycles. The zero-order valence-electron chi connectivity index (χ0n) is 11.5. The van der Waals surface area contributed by atoms with E-state index >= 15 is 0 Å². The second kappa shape index (κ2) is 6.30. The number of hydrogen-bond donors (Lipinski definition) is 1. The molecule has 1 heterocycles. The average molecular weight is 323 g/mol. The highest BCUT2D eigenvalue weighted by molar-refractivity contribution is 9.10. The van der Waals surface area contributed by atoms with Crippen molar-refractivity contribution in [2.75, 3.05) is 7.05 Å². The number of benzene rings is 1. The summed E-state index contributed by atoms with van der Waals surface area (Å²) in [6.07, 6.45) is 2.46. The summed E-state index contributed by atoms with van der Waals surface area (Å²) in [7, 11) is 1.98. The summed E-state index contributed by atoms with van der Waals surface area (Å²) in [6, 6.07) is 6.72. The van der Waals surface area contributed by atoms with Crippen molar-refractivity contribution in [3.63, 3.8) is 0 Å². The Morgan fingerprint density at radius 2 is 2.16 bits per heavy atom. The third-order valence-corrected chi connectivity index (χ3v) is 3.66. The van der Waals surface area contributed by atoms with E-state index in [-0.39, 0.29) is 6.04 Å². The Morgan fingerprint density at radius 3 is 2.79 bits per heavy atom. The van der Waals surface area contributed by atoms with Crippen LogP contribution < -0.4 is 5.32 Å². The van der Waals surface area contributed by atoms with Crippen molar-refractivity contribution in [1.82, 2.24) is 20.1 Å². The van der Waals surface area contributed by atoms with Gasteiger partial charge in [0.2, 0.25) is 0 Å². The van der Waals surface area contributed by atoms with Crippen LogP contribution in [0.4, 0.5) is 0 Å². The van der Waals surface area contributed by atoms with Crippen molar-refractivity contribution < 1.29 is 0 Å². The Balaban J connectivity index is 2.25. The van der Waals surface area contributed by atoms with Crippen molar-refractivity contribution >= 4 is 15.9 Å². The molecule has 0 saturated carbocycles. The molecule has 2 aromatic rings. The van der Waals surface area contributed by atoms with Crippen molar-refractivity contribution in [3.05, 3.63) is 46.0 Å². The number of nitrogens with one attached hydrogen (secondary N) is 1. The first-order chi connectivity index (χ1) is 9.13. The lowest BCUT2D eigenvalue weighted by Crippen LogP contribution is -2.21. The van der Waals surface area contributed by atoms with Crippen LogP contribution in [0.1, 0.15) is 29.9 Å². The summed E-state index contributed by atoms with van der Waals surface area (Å²) >= 11 is 3.56. The molecule has 1 unspecified atom stereocenters. The molecule has 0 saturated heterocycles.